The molecule has 98 valence electrons. The van der Waals surface area contributed by atoms with Gasteiger partial charge in [-0.05, 0) is 38.0 Å². The topological polar surface area (TPSA) is 21.3 Å². The van der Waals surface area contributed by atoms with Gasteiger partial charge in [0.25, 0.3) is 0 Å². The molecule has 0 bridgehead atoms. The van der Waals surface area contributed by atoms with Gasteiger partial charge in [-0.2, -0.15) is 0 Å². The zero-order valence-corrected chi connectivity index (χ0v) is 11.4. The lowest BCUT2D eigenvalue weighted by Gasteiger charge is -2.47. The third-order valence-corrected chi connectivity index (χ3v) is 5.67. The first kappa shape index (κ1) is 12.0. The van der Waals surface area contributed by atoms with E-state index in [4.69, 9.17) is 4.74 Å². The molecule has 3 rings (SSSR count). The normalized spacial score (nSPS) is 34.4. The molecular weight excluding hydrogens is 210 g/mol. The Kier molecular flexibility index (Phi) is 2.99. The average Bonchev–Trinajstić information content (AvgIpc) is 2.83. The zero-order chi connectivity index (χ0) is 11.9. The van der Waals surface area contributed by atoms with Gasteiger partial charge in [0.2, 0.25) is 0 Å². The van der Waals surface area contributed by atoms with E-state index in [9.17, 15) is 0 Å². The molecule has 1 spiro atoms. The standard InChI is InChI=1S/C15H27NO/c1-12(2)14(10-16-11-14)9-13-5-8-15(17-13)6-3-4-7-15/h12-13,16H,3-11H2,1-2H3. The second kappa shape index (κ2) is 4.24. The van der Waals surface area contributed by atoms with E-state index in [1.54, 1.807) is 0 Å². The van der Waals surface area contributed by atoms with Crippen LogP contribution in [0, 0.1) is 11.3 Å². The maximum absolute atomic E-state index is 6.46. The number of rotatable bonds is 3. The molecule has 2 heterocycles. The van der Waals surface area contributed by atoms with Gasteiger partial charge in [-0.3, -0.25) is 0 Å². The summed E-state index contributed by atoms with van der Waals surface area (Å²) in [5.41, 5.74) is 0.856. The van der Waals surface area contributed by atoms with E-state index >= 15 is 0 Å². The van der Waals surface area contributed by atoms with Crippen LogP contribution in [0.3, 0.4) is 0 Å². The van der Waals surface area contributed by atoms with Crippen molar-refractivity contribution in [3.8, 4) is 0 Å². The molecule has 1 saturated carbocycles. The Morgan fingerprint density at radius 2 is 1.88 bits per heavy atom. The molecule has 1 atom stereocenters. The summed E-state index contributed by atoms with van der Waals surface area (Å²) in [7, 11) is 0. The van der Waals surface area contributed by atoms with E-state index < -0.39 is 0 Å². The van der Waals surface area contributed by atoms with Crippen LogP contribution in [0.25, 0.3) is 0 Å². The van der Waals surface area contributed by atoms with E-state index in [1.807, 2.05) is 0 Å². The second-order valence-corrected chi connectivity index (χ2v) is 6.99. The van der Waals surface area contributed by atoms with Crippen LogP contribution >= 0.6 is 0 Å². The Morgan fingerprint density at radius 1 is 1.18 bits per heavy atom. The van der Waals surface area contributed by atoms with Crippen LogP contribution in [-0.2, 0) is 4.74 Å². The molecule has 2 nitrogen and oxygen atoms in total. The lowest BCUT2D eigenvalue weighted by molar-refractivity contribution is -0.0682. The average molecular weight is 237 g/mol. The molecule has 2 aliphatic heterocycles. The fraction of sp³-hybridized carbons (Fsp3) is 1.00. The molecule has 0 aromatic carbocycles. The molecule has 3 aliphatic rings. The van der Waals surface area contributed by atoms with Crippen molar-refractivity contribution >= 4 is 0 Å². The van der Waals surface area contributed by atoms with Gasteiger partial charge in [-0.15, -0.1) is 0 Å². The third-order valence-electron chi connectivity index (χ3n) is 5.67. The van der Waals surface area contributed by atoms with Crippen LogP contribution in [0.1, 0.15) is 58.8 Å². The smallest absolute Gasteiger partial charge is 0.0687 e. The molecular formula is C15H27NO. The molecule has 1 N–H and O–H groups in total. The summed E-state index contributed by atoms with van der Waals surface area (Å²) in [6.07, 6.45) is 9.94. The summed E-state index contributed by atoms with van der Waals surface area (Å²) in [6, 6.07) is 0. The Balaban J connectivity index is 1.60. The predicted octanol–water partition coefficient (Wildman–Crippen LogP) is 3.11. The monoisotopic (exact) mass is 237 g/mol. The molecule has 0 aromatic heterocycles. The predicted molar refractivity (Wildman–Crippen MR) is 70.1 cm³/mol. The molecule has 3 fully saturated rings. The molecule has 0 amide bonds. The van der Waals surface area contributed by atoms with E-state index in [2.05, 4.69) is 19.2 Å². The lowest BCUT2D eigenvalue weighted by Crippen LogP contribution is -2.57. The zero-order valence-electron chi connectivity index (χ0n) is 11.4. The van der Waals surface area contributed by atoms with Crippen LogP contribution in [0.5, 0.6) is 0 Å². The summed E-state index contributed by atoms with van der Waals surface area (Å²) in [6.45, 7) is 7.16. The minimum absolute atomic E-state index is 0.319. The van der Waals surface area contributed by atoms with Gasteiger partial charge in [0, 0.05) is 18.5 Å². The summed E-state index contributed by atoms with van der Waals surface area (Å²) >= 11 is 0. The molecule has 0 radical (unpaired) electrons. The lowest BCUT2D eigenvalue weighted by atomic mass is 9.68. The highest BCUT2D eigenvalue weighted by molar-refractivity contribution is 5.00. The van der Waals surface area contributed by atoms with E-state index in [0.29, 0.717) is 17.1 Å². The molecule has 17 heavy (non-hydrogen) atoms. The van der Waals surface area contributed by atoms with Gasteiger partial charge in [0.1, 0.15) is 0 Å². The second-order valence-electron chi connectivity index (χ2n) is 6.99. The first-order valence-electron chi connectivity index (χ1n) is 7.53. The van der Waals surface area contributed by atoms with Gasteiger partial charge in [0.15, 0.2) is 0 Å². The van der Waals surface area contributed by atoms with E-state index in [0.717, 1.165) is 5.92 Å². The van der Waals surface area contributed by atoms with Crippen LogP contribution in [-0.4, -0.2) is 24.8 Å². The maximum Gasteiger partial charge on any atom is 0.0687 e. The summed E-state index contributed by atoms with van der Waals surface area (Å²) < 4.78 is 6.46. The van der Waals surface area contributed by atoms with Crippen molar-refractivity contribution in [1.82, 2.24) is 5.32 Å². The number of hydrogen-bond donors (Lipinski definition) is 1. The fourth-order valence-corrected chi connectivity index (χ4v) is 4.11. The highest BCUT2D eigenvalue weighted by Crippen LogP contribution is 2.47. The number of nitrogens with one attached hydrogen (secondary N) is 1. The van der Waals surface area contributed by atoms with Gasteiger partial charge in [0.05, 0.1) is 11.7 Å². The first-order chi connectivity index (χ1) is 8.14. The SMILES string of the molecule is CC(C)C1(CC2CCC3(CCCC3)O2)CNC1. The maximum atomic E-state index is 6.46. The van der Waals surface area contributed by atoms with Crippen molar-refractivity contribution in [1.29, 1.82) is 0 Å². The fourth-order valence-electron chi connectivity index (χ4n) is 4.11. The van der Waals surface area contributed by atoms with Crippen LogP contribution < -0.4 is 5.32 Å². The van der Waals surface area contributed by atoms with Crippen molar-refractivity contribution in [2.75, 3.05) is 13.1 Å². The quantitative estimate of drug-likeness (QED) is 0.814. The Bertz CT molecular complexity index is 277. The van der Waals surface area contributed by atoms with Gasteiger partial charge >= 0.3 is 0 Å². The third kappa shape index (κ3) is 2.04. The molecule has 1 aliphatic carbocycles. The van der Waals surface area contributed by atoms with Crippen molar-refractivity contribution in [2.24, 2.45) is 11.3 Å². The number of hydrogen-bond acceptors (Lipinski definition) is 2. The van der Waals surface area contributed by atoms with Crippen LogP contribution in [0.2, 0.25) is 0 Å². The highest BCUT2D eigenvalue weighted by atomic mass is 16.5. The molecule has 1 unspecified atom stereocenters. The van der Waals surface area contributed by atoms with Gasteiger partial charge in [-0.1, -0.05) is 26.7 Å². The molecule has 2 saturated heterocycles. The largest absolute Gasteiger partial charge is 0.372 e. The van der Waals surface area contributed by atoms with E-state index in [1.165, 1.54) is 58.0 Å². The van der Waals surface area contributed by atoms with Crippen LogP contribution in [0.15, 0.2) is 0 Å². The molecule has 2 heteroatoms. The van der Waals surface area contributed by atoms with Gasteiger partial charge in [-0.25, -0.2) is 0 Å². The van der Waals surface area contributed by atoms with Crippen molar-refractivity contribution in [3.05, 3.63) is 0 Å². The molecule has 0 aromatic rings. The minimum Gasteiger partial charge on any atom is -0.372 e. The number of ether oxygens (including phenoxy) is 1. The summed E-state index contributed by atoms with van der Waals surface area (Å²) in [5, 5.41) is 3.46. The van der Waals surface area contributed by atoms with Crippen LogP contribution in [0.4, 0.5) is 0 Å². The summed E-state index contributed by atoms with van der Waals surface area (Å²) in [5.74, 6) is 0.785. The first-order valence-corrected chi connectivity index (χ1v) is 7.53. The Morgan fingerprint density at radius 3 is 2.41 bits per heavy atom. The van der Waals surface area contributed by atoms with E-state index in [-0.39, 0.29) is 0 Å². The highest BCUT2D eigenvalue weighted by Gasteiger charge is 2.47. The Hall–Kier alpha value is -0.0800. The van der Waals surface area contributed by atoms with Crippen molar-refractivity contribution in [2.45, 2.75) is 70.5 Å². The van der Waals surface area contributed by atoms with Gasteiger partial charge < -0.3 is 10.1 Å². The van der Waals surface area contributed by atoms with Crippen molar-refractivity contribution in [3.63, 3.8) is 0 Å². The van der Waals surface area contributed by atoms with Crippen molar-refractivity contribution < 1.29 is 4.74 Å². The minimum atomic E-state index is 0.319. The summed E-state index contributed by atoms with van der Waals surface area (Å²) in [4.78, 5) is 0. The Labute approximate surface area is 105 Å².